The lowest BCUT2D eigenvalue weighted by molar-refractivity contribution is 0.412. The lowest BCUT2D eigenvalue weighted by Crippen LogP contribution is -2.01. The van der Waals surface area contributed by atoms with Crippen LogP contribution in [0.25, 0.3) is 0 Å². The molecule has 4 heteroatoms. The Balaban J connectivity index is 1.98. The van der Waals surface area contributed by atoms with Gasteiger partial charge in [0.15, 0.2) is 0 Å². The van der Waals surface area contributed by atoms with Gasteiger partial charge in [-0.05, 0) is 19.1 Å². The van der Waals surface area contributed by atoms with E-state index in [0.29, 0.717) is 6.54 Å². The van der Waals surface area contributed by atoms with Crippen molar-refractivity contribution in [1.29, 1.82) is 0 Å². The molecule has 0 atom stereocenters. The van der Waals surface area contributed by atoms with Gasteiger partial charge in [0.25, 0.3) is 0 Å². The summed E-state index contributed by atoms with van der Waals surface area (Å²) < 4.78 is 4.72. The summed E-state index contributed by atoms with van der Waals surface area (Å²) in [4.78, 5) is 4.30. The van der Waals surface area contributed by atoms with Gasteiger partial charge in [0.2, 0.25) is 0 Å². The molecule has 0 saturated carbocycles. The smallest absolute Gasteiger partial charge is 0.126 e. The summed E-state index contributed by atoms with van der Waals surface area (Å²) in [6, 6.07) is 7.67. The van der Waals surface area contributed by atoms with Crippen LogP contribution in [0.3, 0.4) is 0 Å². The maximum atomic E-state index is 4.72. The number of aromatic nitrogens is 2. The Hall–Kier alpha value is -1.84. The van der Waals surface area contributed by atoms with Crippen LogP contribution in [0.15, 0.2) is 35.1 Å². The largest absolute Gasteiger partial charge is 0.364 e. The van der Waals surface area contributed by atoms with Crippen molar-refractivity contribution in [2.45, 2.75) is 13.5 Å². The van der Waals surface area contributed by atoms with E-state index >= 15 is 0 Å². The third-order valence-corrected chi connectivity index (χ3v) is 1.83. The Bertz CT molecular complexity index is 398. The van der Waals surface area contributed by atoms with Crippen LogP contribution in [0.4, 0.5) is 5.82 Å². The van der Waals surface area contributed by atoms with Crippen molar-refractivity contribution in [3.63, 3.8) is 0 Å². The minimum Gasteiger partial charge on any atom is -0.364 e. The standard InChI is InChI=1S/C10H11N3O/c1-8-3-2-4-10(12-8)11-7-9-5-6-14-13-9/h2-6H,7H2,1H3,(H,11,12). The molecule has 2 rings (SSSR count). The van der Waals surface area contributed by atoms with Gasteiger partial charge in [-0.25, -0.2) is 4.98 Å². The molecule has 2 heterocycles. The summed E-state index contributed by atoms with van der Waals surface area (Å²) in [7, 11) is 0. The molecule has 14 heavy (non-hydrogen) atoms. The van der Waals surface area contributed by atoms with Gasteiger partial charge in [-0.2, -0.15) is 0 Å². The quantitative estimate of drug-likeness (QED) is 0.802. The highest BCUT2D eigenvalue weighted by molar-refractivity contribution is 5.35. The summed E-state index contributed by atoms with van der Waals surface area (Å²) >= 11 is 0. The summed E-state index contributed by atoms with van der Waals surface area (Å²) in [5.41, 5.74) is 1.86. The Morgan fingerprint density at radius 3 is 3.00 bits per heavy atom. The van der Waals surface area contributed by atoms with E-state index in [-0.39, 0.29) is 0 Å². The molecule has 0 bridgehead atoms. The molecule has 0 spiro atoms. The Morgan fingerprint density at radius 1 is 1.36 bits per heavy atom. The number of rotatable bonds is 3. The molecule has 0 fully saturated rings. The van der Waals surface area contributed by atoms with Crippen LogP contribution in [-0.2, 0) is 6.54 Å². The van der Waals surface area contributed by atoms with Crippen LogP contribution in [0.5, 0.6) is 0 Å². The first-order chi connectivity index (χ1) is 6.84. The summed E-state index contributed by atoms with van der Waals surface area (Å²) in [6.45, 7) is 2.59. The van der Waals surface area contributed by atoms with E-state index in [1.807, 2.05) is 31.2 Å². The maximum Gasteiger partial charge on any atom is 0.126 e. The molecule has 0 amide bonds. The van der Waals surface area contributed by atoms with Crippen molar-refractivity contribution in [3.8, 4) is 0 Å². The van der Waals surface area contributed by atoms with E-state index in [4.69, 9.17) is 4.52 Å². The van der Waals surface area contributed by atoms with Crippen LogP contribution in [-0.4, -0.2) is 10.1 Å². The van der Waals surface area contributed by atoms with E-state index in [1.165, 1.54) is 0 Å². The number of hydrogen-bond donors (Lipinski definition) is 1. The zero-order valence-corrected chi connectivity index (χ0v) is 7.90. The van der Waals surface area contributed by atoms with Crippen LogP contribution in [0.1, 0.15) is 11.4 Å². The Kier molecular flexibility index (Phi) is 2.44. The fourth-order valence-corrected chi connectivity index (χ4v) is 1.15. The van der Waals surface area contributed by atoms with Crippen molar-refractivity contribution in [1.82, 2.24) is 10.1 Å². The Labute approximate surface area is 82.0 Å². The van der Waals surface area contributed by atoms with Gasteiger partial charge in [-0.3, -0.25) is 0 Å². The molecule has 1 N–H and O–H groups in total. The normalized spacial score (nSPS) is 10.1. The lowest BCUT2D eigenvalue weighted by atomic mass is 10.3. The van der Waals surface area contributed by atoms with E-state index in [0.717, 1.165) is 17.2 Å². The minimum atomic E-state index is 0.632. The molecule has 0 aromatic carbocycles. The van der Waals surface area contributed by atoms with Crippen molar-refractivity contribution >= 4 is 5.82 Å². The summed E-state index contributed by atoms with van der Waals surface area (Å²) in [5, 5.41) is 6.94. The third-order valence-electron chi connectivity index (χ3n) is 1.83. The van der Waals surface area contributed by atoms with Crippen LogP contribution in [0, 0.1) is 6.92 Å². The van der Waals surface area contributed by atoms with Gasteiger partial charge in [-0.1, -0.05) is 11.2 Å². The van der Waals surface area contributed by atoms with E-state index in [9.17, 15) is 0 Å². The molecule has 0 aliphatic carbocycles. The number of anilines is 1. The van der Waals surface area contributed by atoms with E-state index in [1.54, 1.807) is 6.26 Å². The van der Waals surface area contributed by atoms with Crippen LogP contribution >= 0.6 is 0 Å². The molecule has 0 unspecified atom stereocenters. The monoisotopic (exact) mass is 189 g/mol. The molecular formula is C10H11N3O. The molecule has 0 aliphatic rings. The number of nitrogens with one attached hydrogen (secondary N) is 1. The molecule has 4 nitrogen and oxygen atoms in total. The first-order valence-corrected chi connectivity index (χ1v) is 4.41. The van der Waals surface area contributed by atoms with Crippen molar-refractivity contribution in [2.75, 3.05) is 5.32 Å². The highest BCUT2D eigenvalue weighted by atomic mass is 16.5. The predicted octanol–water partition coefficient (Wildman–Crippen LogP) is 1.99. The molecule has 0 aliphatic heterocycles. The van der Waals surface area contributed by atoms with E-state index < -0.39 is 0 Å². The van der Waals surface area contributed by atoms with Gasteiger partial charge in [0.1, 0.15) is 17.8 Å². The fourth-order valence-electron chi connectivity index (χ4n) is 1.15. The van der Waals surface area contributed by atoms with Gasteiger partial charge >= 0.3 is 0 Å². The second-order valence-corrected chi connectivity index (χ2v) is 3.01. The first-order valence-electron chi connectivity index (χ1n) is 4.41. The average Bonchev–Trinajstić information content (AvgIpc) is 2.67. The molecule has 0 saturated heterocycles. The van der Waals surface area contributed by atoms with E-state index in [2.05, 4.69) is 15.5 Å². The highest BCUT2D eigenvalue weighted by Crippen LogP contribution is 2.05. The second-order valence-electron chi connectivity index (χ2n) is 3.01. The van der Waals surface area contributed by atoms with Gasteiger partial charge in [-0.15, -0.1) is 0 Å². The van der Waals surface area contributed by atoms with Crippen LogP contribution in [0.2, 0.25) is 0 Å². The minimum absolute atomic E-state index is 0.632. The first kappa shape index (κ1) is 8.74. The number of aryl methyl sites for hydroxylation is 1. The van der Waals surface area contributed by atoms with Gasteiger partial charge < -0.3 is 9.84 Å². The summed E-state index contributed by atoms with van der Waals surface area (Å²) in [6.07, 6.45) is 1.56. The van der Waals surface area contributed by atoms with Gasteiger partial charge in [0, 0.05) is 11.8 Å². The number of hydrogen-bond acceptors (Lipinski definition) is 4. The van der Waals surface area contributed by atoms with Crippen molar-refractivity contribution < 1.29 is 4.52 Å². The molecular weight excluding hydrogens is 178 g/mol. The number of pyridine rings is 1. The van der Waals surface area contributed by atoms with Crippen LogP contribution < -0.4 is 5.32 Å². The molecule has 0 radical (unpaired) electrons. The Morgan fingerprint density at radius 2 is 2.29 bits per heavy atom. The molecule has 2 aromatic heterocycles. The molecule has 72 valence electrons. The fraction of sp³-hybridized carbons (Fsp3) is 0.200. The zero-order chi connectivity index (χ0) is 9.80. The SMILES string of the molecule is Cc1cccc(NCc2ccon2)n1. The average molecular weight is 189 g/mol. The summed E-state index contributed by atoms with van der Waals surface area (Å²) in [5.74, 6) is 0.855. The lowest BCUT2D eigenvalue weighted by Gasteiger charge is -2.02. The highest BCUT2D eigenvalue weighted by Gasteiger charge is 1.97. The molecule has 2 aromatic rings. The zero-order valence-electron chi connectivity index (χ0n) is 7.90. The second kappa shape index (κ2) is 3.91. The maximum absolute atomic E-state index is 4.72. The third kappa shape index (κ3) is 2.10. The number of nitrogens with zero attached hydrogens (tertiary/aromatic N) is 2. The topological polar surface area (TPSA) is 51.0 Å². The van der Waals surface area contributed by atoms with Crippen molar-refractivity contribution in [3.05, 3.63) is 41.9 Å². The van der Waals surface area contributed by atoms with Crippen molar-refractivity contribution in [2.24, 2.45) is 0 Å². The predicted molar refractivity (Wildman–Crippen MR) is 52.8 cm³/mol. The van der Waals surface area contributed by atoms with Gasteiger partial charge in [0.05, 0.1) is 6.54 Å².